The molecule has 0 bridgehead atoms. The molecule has 160 valence electrons. The maximum atomic E-state index is 12.8. The summed E-state index contributed by atoms with van der Waals surface area (Å²) in [5.74, 6) is -2.09. The molecular weight excluding hydrogens is 374 g/mol. The highest BCUT2D eigenvalue weighted by molar-refractivity contribution is 6.05. The van der Waals surface area contributed by atoms with Crippen LogP contribution in [0.15, 0.2) is 24.3 Å². The third-order valence-electron chi connectivity index (χ3n) is 5.43. The van der Waals surface area contributed by atoms with Gasteiger partial charge in [-0.2, -0.15) is 0 Å². The molecule has 1 aromatic carbocycles. The molecule has 0 saturated heterocycles. The number of carbonyl (C=O) groups is 3. The lowest BCUT2D eigenvalue weighted by Crippen LogP contribution is -2.55. The molecule has 1 saturated carbocycles. The number of aliphatic carboxylic acids is 1. The Morgan fingerprint density at radius 1 is 1.14 bits per heavy atom. The van der Waals surface area contributed by atoms with Crippen molar-refractivity contribution in [3.8, 4) is 0 Å². The molecule has 2 rings (SSSR count). The quantitative estimate of drug-likeness (QED) is 0.328. The second-order valence-corrected chi connectivity index (χ2v) is 7.91. The summed E-state index contributed by atoms with van der Waals surface area (Å²) in [6.07, 6.45) is 3.30. The molecule has 8 nitrogen and oxygen atoms in total. The van der Waals surface area contributed by atoms with Crippen molar-refractivity contribution in [1.82, 2.24) is 10.2 Å². The van der Waals surface area contributed by atoms with Gasteiger partial charge in [0.1, 0.15) is 11.5 Å². The van der Waals surface area contributed by atoms with Gasteiger partial charge < -0.3 is 25.7 Å². The van der Waals surface area contributed by atoms with E-state index in [0.717, 1.165) is 24.9 Å². The van der Waals surface area contributed by atoms with Gasteiger partial charge in [0, 0.05) is 5.69 Å². The van der Waals surface area contributed by atoms with Crippen LogP contribution in [0.4, 0.5) is 5.69 Å². The SMILES string of the molecule is CN(C)CCCC[C@H](NC(=O)C1(C(=O)O)CCC1)C(=O)Nc1ccc(CO)cc1. The van der Waals surface area contributed by atoms with Crippen molar-refractivity contribution >= 4 is 23.5 Å². The van der Waals surface area contributed by atoms with Gasteiger partial charge in [0.2, 0.25) is 11.8 Å². The number of amides is 2. The maximum Gasteiger partial charge on any atom is 0.319 e. The van der Waals surface area contributed by atoms with Crippen LogP contribution in [0.2, 0.25) is 0 Å². The first-order chi connectivity index (χ1) is 13.8. The van der Waals surface area contributed by atoms with Crippen molar-refractivity contribution in [2.45, 2.75) is 51.2 Å². The van der Waals surface area contributed by atoms with Gasteiger partial charge >= 0.3 is 5.97 Å². The van der Waals surface area contributed by atoms with Gasteiger partial charge in [-0.15, -0.1) is 0 Å². The second-order valence-electron chi connectivity index (χ2n) is 7.91. The van der Waals surface area contributed by atoms with Crippen LogP contribution in [0.1, 0.15) is 44.1 Å². The molecule has 8 heteroatoms. The highest BCUT2D eigenvalue weighted by atomic mass is 16.4. The maximum absolute atomic E-state index is 12.8. The Morgan fingerprint density at radius 2 is 1.79 bits per heavy atom. The molecule has 29 heavy (non-hydrogen) atoms. The summed E-state index contributed by atoms with van der Waals surface area (Å²) in [4.78, 5) is 39.1. The van der Waals surface area contributed by atoms with E-state index in [1.54, 1.807) is 24.3 Å². The Morgan fingerprint density at radius 3 is 2.28 bits per heavy atom. The van der Waals surface area contributed by atoms with E-state index in [2.05, 4.69) is 10.6 Å². The number of carbonyl (C=O) groups excluding carboxylic acids is 2. The highest BCUT2D eigenvalue weighted by Gasteiger charge is 2.51. The lowest BCUT2D eigenvalue weighted by molar-refractivity contribution is -0.162. The van der Waals surface area contributed by atoms with Crippen molar-refractivity contribution in [1.29, 1.82) is 0 Å². The number of carboxylic acids is 1. The zero-order chi connectivity index (χ0) is 21.4. The number of carboxylic acid groups (broad SMARTS) is 1. The monoisotopic (exact) mass is 405 g/mol. The fraction of sp³-hybridized carbons (Fsp3) is 0.571. The van der Waals surface area contributed by atoms with E-state index >= 15 is 0 Å². The minimum absolute atomic E-state index is 0.0872. The third-order valence-corrected chi connectivity index (χ3v) is 5.43. The lowest BCUT2D eigenvalue weighted by atomic mass is 9.68. The van der Waals surface area contributed by atoms with Crippen LogP contribution in [0.25, 0.3) is 0 Å². The number of hydrogen-bond acceptors (Lipinski definition) is 5. The number of nitrogens with one attached hydrogen (secondary N) is 2. The van der Waals surface area contributed by atoms with E-state index in [-0.39, 0.29) is 12.5 Å². The molecular formula is C21H31N3O5. The lowest BCUT2D eigenvalue weighted by Gasteiger charge is -2.37. The van der Waals surface area contributed by atoms with Crippen molar-refractivity contribution in [2.24, 2.45) is 5.41 Å². The Hall–Kier alpha value is -2.45. The topological polar surface area (TPSA) is 119 Å². The Labute approximate surface area is 171 Å². The molecule has 2 amide bonds. The molecule has 0 spiro atoms. The number of anilines is 1. The van der Waals surface area contributed by atoms with Crippen molar-refractivity contribution in [3.05, 3.63) is 29.8 Å². The number of aliphatic hydroxyl groups is 1. The molecule has 1 atom stereocenters. The first kappa shape index (κ1) is 22.8. The molecule has 0 heterocycles. The second kappa shape index (κ2) is 10.4. The van der Waals surface area contributed by atoms with Gasteiger partial charge in [-0.25, -0.2) is 0 Å². The predicted octanol–water partition coefficient (Wildman–Crippen LogP) is 1.59. The van der Waals surface area contributed by atoms with Crippen LogP contribution in [0, 0.1) is 5.41 Å². The molecule has 0 unspecified atom stereocenters. The number of nitrogens with zero attached hydrogens (tertiary/aromatic N) is 1. The molecule has 4 N–H and O–H groups in total. The molecule has 1 aliphatic rings. The van der Waals surface area contributed by atoms with Gasteiger partial charge in [0.05, 0.1) is 6.61 Å². The van der Waals surface area contributed by atoms with E-state index in [0.29, 0.717) is 31.4 Å². The number of benzene rings is 1. The van der Waals surface area contributed by atoms with Gasteiger partial charge in [0.15, 0.2) is 0 Å². The van der Waals surface area contributed by atoms with Crippen LogP contribution in [-0.4, -0.2) is 59.6 Å². The first-order valence-corrected chi connectivity index (χ1v) is 9.98. The summed E-state index contributed by atoms with van der Waals surface area (Å²) in [7, 11) is 3.93. The summed E-state index contributed by atoms with van der Waals surface area (Å²) >= 11 is 0. The Balaban J connectivity index is 2.05. The van der Waals surface area contributed by atoms with Gasteiger partial charge in [-0.3, -0.25) is 14.4 Å². The Kier molecular flexibility index (Phi) is 8.16. The normalized spacial score (nSPS) is 16.0. The van der Waals surface area contributed by atoms with Crippen molar-refractivity contribution in [3.63, 3.8) is 0 Å². The molecule has 1 aromatic rings. The van der Waals surface area contributed by atoms with E-state index in [1.807, 2.05) is 19.0 Å². The molecule has 1 fully saturated rings. The fourth-order valence-electron chi connectivity index (χ4n) is 3.33. The predicted molar refractivity (Wildman–Crippen MR) is 109 cm³/mol. The number of rotatable bonds is 11. The summed E-state index contributed by atoms with van der Waals surface area (Å²) in [6, 6.07) is 5.96. The average molecular weight is 405 g/mol. The minimum atomic E-state index is -1.41. The van der Waals surface area contributed by atoms with Crippen LogP contribution in [0.3, 0.4) is 0 Å². The van der Waals surface area contributed by atoms with Gasteiger partial charge in [0.25, 0.3) is 0 Å². The number of hydrogen-bond donors (Lipinski definition) is 4. The summed E-state index contributed by atoms with van der Waals surface area (Å²) < 4.78 is 0. The molecule has 0 aliphatic heterocycles. The summed E-state index contributed by atoms with van der Waals surface area (Å²) in [6.45, 7) is 0.778. The van der Waals surface area contributed by atoms with E-state index < -0.39 is 23.3 Å². The van der Waals surface area contributed by atoms with Crippen LogP contribution >= 0.6 is 0 Å². The average Bonchev–Trinajstić information content (AvgIpc) is 2.63. The fourth-order valence-corrected chi connectivity index (χ4v) is 3.33. The Bertz CT molecular complexity index is 714. The largest absolute Gasteiger partial charge is 0.480 e. The number of aliphatic hydroxyl groups excluding tert-OH is 1. The van der Waals surface area contributed by atoms with Crippen molar-refractivity contribution < 1.29 is 24.6 Å². The molecule has 0 aromatic heterocycles. The zero-order valence-corrected chi connectivity index (χ0v) is 17.1. The van der Waals surface area contributed by atoms with E-state index in [4.69, 9.17) is 5.11 Å². The minimum Gasteiger partial charge on any atom is -0.480 e. The van der Waals surface area contributed by atoms with Crippen LogP contribution in [-0.2, 0) is 21.0 Å². The summed E-state index contributed by atoms with van der Waals surface area (Å²) in [5.41, 5.74) is -0.133. The number of unbranched alkanes of at least 4 members (excludes halogenated alkanes) is 1. The third kappa shape index (κ3) is 6.01. The molecule has 0 radical (unpaired) electrons. The smallest absolute Gasteiger partial charge is 0.319 e. The van der Waals surface area contributed by atoms with E-state index in [9.17, 15) is 19.5 Å². The summed E-state index contributed by atoms with van der Waals surface area (Å²) in [5, 5.41) is 24.1. The van der Waals surface area contributed by atoms with Crippen LogP contribution in [0.5, 0.6) is 0 Å². The molecule has 1 aliphatic carbocycles. The van der Waals surface area contributed by atoms with Crippen molar-refractivity contribution in [2.75, 3.05) is 26.0 Å². The van der Waals surface area contributed by atoms with Crippen LogP contribution < -0.4 is 10.6 Å². The van der Waals surface area contributed by atoms with E-state index in [1.165, 1.54) is 0 Å². The van der Waals surface area contributed by atoms with Gasteiger partial charge in [-0.1, -0.05) is 18.6 Å². The van der Waals surface area contributed by atoms with Gasteiger partial charge in [-0.05, 0) is 70.4 Å². The first-order valence-electron chi connectivity index (χ1n) is 9.98. The highest BCUT2D eigenvalue weighted by Crippen LogP contribution is 2.41. The standard InChI is InChI=1S/C21H31N3O5/c1-24(2)13-4-3-6-17(23-19(27)21(20(28)29)11-5-12-21)18(26)22-16-9-7-15(14-25)8-10-16/h7-10,17,25H,3-6,11-14H2,1-2H3,(H,22,26)(H,23,27)(H,28,29)/t17-/m0/s1. The zero-order valence-electron chi connectivity index (χ0n) is 17.1.